The molecule has 0 aliphatic rings. The van der Waals surface area contributed by atoms with Gasteiger partial charge in [0.05, 0.1) is 16.4 Å². The number of nitrogens with one attached hydrogen (secondary N) is 1. The molecule has 1 heterocycles. The van der Waals surface area contributed by atoms with Crippen LogP contribution in [0.5, 0.6) is 0 Å². The number of aryl methyl sites for hydroxylation is 1. The zero-order chi connectivity index (χ0) is 14.9. The van der Waals surface area contributed by atoms with Gasteiger partial charge >= 0.3 is 0 Å². The number of nitrogens with zero attached hydrogens (tertiary/aromatic N) is 1. The second-order valence-electron chi connectivity index (χ2n) is 4.72. The van der Waals surface area contributed by atoms with Crippen LogP contribution in [0.4, 0.5) is 10.1 Å². The molecule has 4 nitrogen and oxygen atoms in total. The Balaban J connectivity index is 2.34. The fourth-order valence-corrected chi connectivity index (χ4v) is 2.02. The fraction of sp³-hybridized carbons (Fsp3) is 0.286. The van der Waals surface area contributed by atoms with Crippen LogP contribution in [0.3, 0.4) is 0 Å². The molecule has 6 heteroatoms. The van der Waals surface area contributed by atoms with Crippen molar-refractivity contribution in [3.05, 3.63) is 46.1 Å². The maximum absolute atomic E-state index is 13.8. The summed E-state index contributed by atoms with van der Waals surface area (Å²) in [6, 6.07) is 4.42. The molecule has 0 radical (unpaired) electrons. The lowest BCUT2D eigenvalue weighted by atomic mass is 10.0. The molecule has 0 saturated heterocycles. The number of aromatic nitrogens is 1. The van der Waals surface area contributed by atoms with Crippen LogP contribution < -0.4 is 5.32 Å². The third-order valence-electron chi connectivity index (χ3n) is 2.84. The van der Waals surface area contributed by atoms with Crippen LogP contribution in [-0.4, -0.2) is 11.1 Å². The summed E-state index contributed by atoms with van der Waals surface area (Å²) in [6.07, 6.45) is 0. The first-order chi connectivity index (χ1) is 9.41. The first-order valence-corrected chi connectivity index (χ1v) is 6.51. The number of halogens is 2. The Morgan fingerprint density at radius 1 is 1.45 bits per heavy atom. The average Bonchev–Trinajstić information content (AvgIpc) is 2.77. The number of rotatable bonds is 3. The highest BCUT2D eigenvalue weighted by Crippen LogP contribution is 2.26. The van der Waals surface area contributed by atoms with E-state index in [0.717, 1.165) is 0 Å². The number of carbonyl (C=O) groups is 1. The molecular weight excluding hydrogens is 283 g/mol. The average molecular weight is 297 g/mol. The van der Waals surface area contributed by atoms with Crippen molar-refractivity contribution < 1.29 is 13.7 Å². The summed E-state index contributed by atoms with van der Waals surface area (Å²) >= 11 is 5.68. The van der Waals surface area contributed by atoms with E-state index in [1.807, 2.05) is 13.8 Å². The molecule has 1 N–H and O–H groups in total. The minimum atomic E-state index is -0.664. The molecule has 0 bridgehead atoms. The molecule has 0 aliphatic carbocycles. The van der Waals surface area contributed by atoms with Gasteiger partial charge in [0, 0.05) is 5.92 Å². The zero-order valence-corrected chi connectivity index (χ0v) is 12.1. The van der Waals surface area contributed by atoms with Gasteiger partial charge in [0.15, 0.2) is 11.6 Å². The topological polar surface area (TPSA) is 55.1 Å². The van der Waals surface area contributed by atoms with Crippen molar-refractivity contribution >= 4 is 23.2 Å². The van der Waals surface area contributed by atoms with Crippen molar-refractivity contribution in [1.82, 2.24) is 5.16 Å². The SMILES string of the molecule is Cc1noc(C(C)C)c1C(=O)Nc1cccc(Cl)c1F. The van der Waals surface area contributed by atoms with Crippen molar-refractivity contribution in [2.24, 2.45) is 0 Å². The quantitative estimate of drug-likeness (QED) is 0.925. The Morgan fingerprint density at radius 2 is 2.15 bits per heavy atom. The summed E-state index contributed by atoms with van der Waals surface area (Å²) in [4.78, 5) is 12.3. The van der Waals surface area contributed by atoms with E-state index < -0.39 is 11.7 Å². The monoisotopic (exact) mass is 296 g/mol. The second kappa shape index (κ2) is 5.63. The van der Waals surface area contributed by atoms with Crippen molar-refractivity contribution in [1.29, 1.82) is 0 Å². The van der Waals surface area contributed by atoms with Crippen molar-refractivity contribution in [3.8, 4) is 0 Å². The van der Waals surface area contributed by atoms with Crippen LogP contribution >= 0.6 is 11.6 Å². The van der Waals surface area contributed by atoms with Gasteiger partial charge in [-0.3, -0.25) is 4.79 Å². The lowest BCUT2D eigenvalue weighted by Gasteiger charge is -2.08. The molecule has 2 aromatic rings. The Bertz CT molecular complexity index is 653. The maximum atomic E-state index is 13.8. The first-order valence-electron chi connectivity index (χ1n) is 6.13. The van der Waals surface area contributed by atoms with Crippen LogP contribution in [0.25, 0.3) is 0 Å². The van der Waals surface area contributed by atoms with Gasteiger partial charge < -0.3 is 9.84 Å². The molecule has 0 aliphatic heterocycles. The van der Waals surface area contributed by atoms with E-state index in [9.17, 15) is 9.18 Å². The first kappa shape index (κ1) is 14.5. The van der Waals surface area contributed by atoms with Gasteiger partial charge in [-0.25, -0.2) is 4.39 Å². The van der Waals surface area contributed by atoms with E-state index in [2.05, 4.69) is 10.5 Å². The Morgan fingerprint density at radius 3 is 2.80 bits per heavy atom. The third-order valence-corrected chi connectivity index (χ3v) is 3.13. The molecule has 0 unspecified atom stereocenters. The minimum absolute atomic E-state index is 0.00107. The summed E-state index contributed by atoms with van der Waals surface area (Å²) in [5.41, 5.74) is 0.825. The molecule has 0 atom stereocenters. The summed E-state index contributed by atoms with van der Waals surface area (Å²) in [7, 11) is 0. The van der Waals surface area contributed by atoms with Crippen molar-refractivity contribution in [3.63, 3.8) is 0 Å². The molecule has 1 amide bonds. The van der Waals surface area contributed by atoms with Gasteiger partial charge in [0.1, 0.15) is 5.56 Å². The van der Waals surface area contributed by atoms with Crippen LogP contribution in [0.2, 0.25) is 5.02 Å². The lowest BCUT2D eigenvalue weighted by Crippen LogP contribution is -2.15. The highest BCUT2D eigenvalue weighted by molar-refractivity contribution is 6.31. The fourth-order valence-electron chi connectivity index (χ4n) is 1.84. The predicted octanol–water partition coefficient (Wildman–Crippen LogP) is 4.15. The van der Waals surface area contributed by atoms with Crippen LogP contribution in [0, 0.1) is 12.7 Å². The molecule has 0 spiro atoms. The normalized spacial score (nSPS) is 10.9. The number of amides is 1. The van der Waals surface area contributed by atoms with E-state index in [1.54, 1.807) is 13.0 Å². The van der Waals surface area contributed by atoms with Crippen LogP contribution in [0.15, 0.2) is 22.7 Å². The van der Waals surface area contributed by atoms with Gasteiger partial charge in [0.2, 0.25) is 0 Å². The molecule has 106 valence electrons. The summed E-state index contributed by atoms with van der Waals surface area (Å²) in [5, 5.41) is 6.23. The lowest BCUT2D eigenvalue weighted by molar-refractivity contribution is 0.102. The summed E-state index contributed by atoms with van der Waals surface area (Å²) in [6.45, 7) is 5.44. The highest BCUT2D eigenvalue weighted by atomic mass is 35.5. The Kier molecular flexibility index (Phi) is 4.09. The van der Waals surface area contributed by atoms with Gasteiger partial charge in [-0.05, 0) is 19.1 Å². The standard InChI is InChI=1S/C14H14ClFN2O2/c1-7(2)13-11(8(3)18-20-13)14(19)17-10-6-4-5-9(15)12(10)16/h4-7H,1-3H3,(H,17,19). The smallest absolute Gasteiger partial charge is 0.261 e. The Labute approximate surface area is 120 Å². The van der Waals surface area contributed by atoms with E-state index in [4.69, 9.17) is 16.1 Å². The molecule has 2 rings (SSSR count). The van der Waals surface area contributed by atoms with Gasteiger partial charge in [-0.2, -0.15) is 0 Å². The molecule has 1 aromatic heterocycles. The van der Waals surface area contributed by atoms with E-state index >= 15 is 0 Å². The van der Waals surface area contributed by atoms with E-state index in [-0.39, 0.29) is 16.6 Å². The molecule has 0 fully saturated rings. The molecular formula is C14H14ClFN2O2. The van der Waals surface area contributed by atoms with Crippen molar-refractivity contribution in [2.75, 3.05) is 5.32 Å². The summed E-state index contributed by atoms with van der Waals surface area (Å²) in [5.74, 6) is -0.653. The predicted molar refractivity (Wildman–Crippen MR) is 74.7 cm³/mol. The van der Waals surface area contributed by atoms with Gasteiger partial charge in [0.25, 0.3) is 5.91 Å². The van der Waals surface area contributed by atoms with Crippen LogP contribution in [0.1, 0.15) is 41.6 Å². The van der Waals surface area contributed by atoms with E-state index in [1.165, 1.54) is 12.1 Å². The third kappa shape index (κ3) is 2.67. The second-order valence-corrected chi connectivity index (χ2v) is 5.12. The van der Waals surface area contributed by atoms with Gasteiger partial charge in [-0.1, -0.05) is 36.7 Å². The minimum Gasteiger partial charge on any atom is -0.360 e. The molecule has 0 saturated carbocycles. The number of hydrogen-bond acceptors (Lipinski definition) is 3. The molecule has 1 aromatic carbocycles. The van der Waals surface area contributed by atoms with Crippen molar-refractivity contribution in [2.45, 2.75) is 26.7 Å². The number of hydrogen-bond donors (Lipinski definition) is 1. The highest BCUT2D eigenvalue weighted by Gasteiger charge is 2.23. The van der Waals surface area contributed by atoms with Crippen LogP contribution in [-0.2, 0) is 0 Å². The van der Waals surface area contributed by atoms with Gasteiger partial charge in [-0.15, -0.1) is 0 Å². The van der Waals surface area contributed by atoms with E-state index in [0.29, 0.717) is 17.0 Å². The maximum Gasteiger partial charge on any atom is 0.261 e. The molecule has 20 heavy (non-hydrogen) atoms. The Hall–Kier alpha value is -1.88. The largest absolute Gasteiger partial charge is 0.360 e. The number of benzene rings is 1. The number of carbonyl (C=O) groups excluding carboxylic acids is 1. The summed E-state index contributed by atoms with van der Waals surface area (Å²) < 4.78 is 18.9. The zero-order valence-electron chi connectivity index (χ0n) is 11.3. The number of anilines is 1.